The lowest BCUT2D eigenvalue weighted by Gasteiger charge is -2.08. The molecule has 0 radical (unpaired) electrons. The summed E-state index contributed by atoms with van der Waals surface area (Å²) in [5, 5.41) is 11.3. The zero-order valence-electron chi connectivity index (χ0n) is 8.76. The molecule has 0 aliphatic heterocycles. The van der Waals surface area contributed by atoms with E-state index >= 15 is 0 Å². The number of nitriles is 1. The van der Waals surface area contributed by atoms with Gasteiger partial charge in [-0.2, -0.15) is 5.26 Å². The van der Waals surface area contributed by atoms with Gasteiger partial charge in [0, 0.05) is 6.54 Å². The molecule has 1 N–H and O–H groups in total. The van der Waals surface area contributed by atoms with Crippen molar-refractivity contribution in [3.8, 4) is 6.07 Å². The van der Waals surface area contributed by atoms with E-state index in [1.807, 2.05) is 0 Å². The van der Waals surface area contributed by atoms with Crippen molar-refractivity contribution >= 4 is 5.69 Å². The molecule has 1 aromatic rings. The molecule has 0 heterocycles. The first-order chi connectivity index (χ1) is 7.70. The van der Waals surface area contributed by atoms with E-state index in [1.54, 1.807) is 6.07 Å². The van der Waals surface area contributed by atoms with Gasteiger partial charge in [0.2, 0.25) is 0 Å². The molecule has 1 fully saturated rings. The van der Waals surface area contributed by atoms with E-state index < -0.39 is 11.6 Å². The molecule has 0 unspecified atom stereocenters. The molecular formula is C12H12F2N2. The highest BCUT2D eigenvalue weighted by molar-refractivity contribution is 5.50. The van der Waals surface area contributed by atoms with Gasteiger partial charge in [0.1, 0.15) is 5.69 Å². The molecule has 16 heavy (non-hydrogen) atoms. The van der Waals surface area contributed by atoms with Crippen LogP contribution < -0.4 is 5.32 Å². The van der Waals surface area contributed by atoms with Crippen molar-refractivity contribution in [2.24, 2.45) is 5.92 Å². The number of anilines is 1. The Bertz CT molecular complexity index is 410. The average molecular weight is 222 g/mol. The second-order valence-corrected chi connectivity index (χ2v) is 4.09. The zero-order valence-corrected chi connectivity index (χ0v) is 8.76. The van der Waals surface area contributed by atoms with Crippen molar-refractivity contribution in [2.75, 3.05) is 11.9 Å². The van der Waals surface area contributed by atoms with Gasteiger partial charge in [-0.15, -0.1) is 0 Å². The van der Waals surface area contributed by atoms with Gasteiger partial charge in [-0.05, 0) is 24.5 Å². The number of halogens is 2. The van der Waals surface area contributed by atoms with E-state index in [9.17, 15) is 8.78 Å². The number of hydrogen-bond donors (Lipinski definition) is 1. The van der Waals surface area contributed by atoms with Crippen LogP contribution in [-0.2, 0) is 0 Å². The molecule has 2 nitrogen and oxygen atoms in total. The van der Waals surface area contributed by atoms with E-state index in [1.165, 1.54) is 12.8 Å². The van der Waals surface area contributed by atoms with Crippen LogP contribution in [0.2, 0.25) is 0 Å². The van der Waals surface area contributed by atoms with Crippen LogP contribution in [0.3, 0.4) is 0 Å². The molecule has 1 saturated carbocycles. The minimum atomic E-state index is -0.702. The summed E-state index contributed by atoms with van der Waals surface area (Å²) in [7, 11) is 0. The lowest BCUT2D eigenvalue weighted by Crippen LogP contribution is -2.06. The molecule has 0 atom stereocenters. The van der Waals surface area contributed by atoms with Gasteiger partial charge in [-0.25, -0.2) is 8.78 Å². The first-order valence-corrected chi connectivity index (χ1v) is 5.33. The Kier molecular flexibility index (Phi) is 3.04. The summed E-state index contributed by atoms with van der Waals surface area (Å²) in [5.74, 6) is -0.684. The topological polar surface area (TPSA) is 35.8 Å². The Labute approximate surface area is 92.9 Å². The molecule has 1 aliphatic rings. The smallest absolute Gasteiger partial charge is 0.150 e. The van der Waals surface area contributed by atoms with E-state index in [0.29, 0.717) is 6.54 Å². The predicted molar refractivity (Wildman–Crippen MR) is 56.9 cm³/mol. The lowest BCUT2D eigenvalue weighted by atomic mass is 10.2. The molecular weight excluding hydrogens is 210 g/mol. The maximum Gasteiger partial charge on any atom is 0.150 e. The molecule has 84 valence electrons. The van der Waals surface area contributed by atoms with Crippen LogP contribution >= 0.6 is 0 Å². The summed E-state index contributed by atoms with van der Waals surface area (Å²) in [6, 6.07) is 3.80. The fraction of sp³-hybridized carbons (Fsp3) is 0.417. The third-order valence-corrected chi connectivity index (χ3v) is 2.72. The molecule has 0 saturated heterocycles. The molecule has 0 aromatic heterocycles. The van der Waals surface area contributed by atoms with Crippen LogP contribution in [0.1, 0.15) is 24.8 Å². The van der Waals surface area contributed by atoms with Crippen LogP contribution in [0.15, 0.2) is 12.1 Å². The maximum atomic E-state index is 13.4. The monoisotopic (exact) mass is 222 g/mol. The highest BCUT2D eigenvalue weighted by atomic mass is 19.1. The second-order valence-electron chi connectivity index (χ2n) is 4.09. The Balaban J connectivity index is 2.04. The van der Waals surface area contributed by atoms with Crippen molar-refractivity contribution in [3.05, 3.63) is 29.3 Å². The number of nitrogens with one attached hydrogen (secondary N) is 1. The van der Waals surface area contributed by atoms with Crippen molar-refractivity contribution in [2.45, 2.75) is 19.3 Å². The van der Waals surface area contributed by atoms with E-state index in [-0.39, 0.29) is 11.3 Å². The zero-order chi connectivity index (χ0) is 11.5. The van der Waals surface area contributed by atoms with Gasteiger partial charge in [0.05, 0.1) is 11.6 Å². The summed E-state index contributed by atoms with van der Waals surface area (Å²) in [4.78, 5) is 0. The Morgan fingerprint density at radius 1 is 1.31 bits per heavy atom. The van der Waals surface area contributed by atoms with Crippen molar-refractivity contribution in [3.63, 3.8) is 0 Å². The quantitative estimate of drug-likeness (QED) is 0.849. The summed E-state index contributed by atoms with van der Waals surface area (Å²) >= 11 is 0. The molecule has 0 amide bonds. The van der Waals surface area contributed by atoms with Gasteiger partial charge in [0.15, 0.2) is 11.6 Å². The summed E-state index contributed by atoms with van der Waals surface area (Å²) in [5.41, 5.74) is -0.123. The fourth-order valence-corrected chi connectivity index (χ4v) is 1.61. The van der Waals surface area contributed by atoms with Crippen LogP contribution in [0, 0.1) is 28.9 Å². The van der Waals surface area contributed by atoms with Crippen LogP contribution in [0.4, 0.5) is 14.5 Å². The minimum absolute atomic E-state index is 0.00254. The predicted octanol–water partition coefficient (Wildman–Crippen LogP) is 3.05. The SMILES string of the molecule is N#Cc1cc(F)c(NCCC2CC2)c(F)c1. The summed E-state index contributed by atoms with van der Waals surface area (Å²) < 4.78 is 26.8. The molecule has 2 rings (SSSR count). The highest BCUT2D eigenvalue weighted by Gasteiger charge is 2.20. The third kappa shape index (κ3) is 2.48. The van der Waals surface area contributed by atoms with Crippen molar-refractivity contribution in [1.82, 2.24) is 0 Å². The van der Waals surface area contributed by atoms with Crippen molar-refractivity contribution < 1.29 is 8.78 Å². The second kappa shape index (κ2) is 4.48. The standard InChI is InChI=1S/C12H12F2N2/c13-10-5-9(7-15)6-11(14)12(10)16-4-3-8-1-2-8/h5-6,8,16H,1-4H2. The molecule has 4 heteroatoms. The van der Waals surface area contributed by atoms with Gasteiger partial charge in [0.25, 0.3) is 0 Å². The first kappa shape index (κ1) is 10.9. The average Bonchev–Trinajstić information content (AvgIpc) is 3.05. The number of hydrogen-bond acceptors (Lipinski definition) is 2. The van der Waals surface area contributed by atoms with E-state index in [2.05, 4.69) is 5.32 Å². The van der Waals surface area contributed by atoms with Gasteiger partial charge >= 0.3 is 0 Å². The van der Waals surface area contributed by atoms with E-state index in [4.69, 9.17) is 5.26 Å². The van der Waals surface area contributed by atoms with Crippen molar-refractivity contribution in [1.29, 1.82) is 5.26 Å². The van der Waals surface area contributed by atoms with Gasteiger partial charge < -0.3 is 5.32 Å². The first-order valence-electron chi connectivity index (χ1n) is 5.33. The summed E-state index contributed by atoms with van der Waals surface area (Å²) in [6.45, 7) is 0.574. The molecule has 0 bridgehead atoms. The largest absolute Gasteiger partial charge is 0.380 e. The highest BCUT2D eigenvalue weighted by Crippen LogP contribution is 2.32. The fourth-order valence-electron chi connectivity index (χ4n) is 1.61. The number of benzene rings is 1. The molecule has 1 aromatic carbocycles. The summed E-state index contributed by atoms with van der Waals surface area (Å²) in [6.07, 6.45) is 3.39. The molecule has 1 aliphatic carbocycles. The number of nitrogens with zero attached hydrogens (tertiary/aromatic N) is 1. The Morgan fingerprint density at radius 3 is 2.44 bits per heavy atom. The normalized spacial score (nSPS) is 14.6. The van der Waals surface area contributed by atoms with Crippen LogP contribution in [0.25, 0.3) is 0 Å². The van der Waals surface area contributed by atoms with Crippen LogP contribution in [-0.4, -0.2) is 6.54 Å². The third-order valence-electron chi connectivity index (χ3n) is 2.72. The maximum absolute atomic E-state index is 13.4. The minimum Gasteiger partial charge on any atom is -0.380 e. The number of rotatable bonds is 4. The Morgan fingerprint density at radius 2 is 1.94 bits per heavy atom. The van der Waals surface area contributed by atoms with Gasteiger partial charge in [-0.1, -0.05) is 12.8 Å². The van der Waals surface area contributed by atoms with Crippen LogP contribution in [0.5, 0.6) is 0 Å². The van der Waals surface area contributed by atoms with E-state index in [0.717, 1.165) is 24.5 Å². The Hall–Kier alpha value is -1.63. The van der Waals surface area contributed by atoms with Gasteiger partial charge in [-0.3, -0.25) is 0 Å². The lowest BCUT2D eigenvalue weighted by molar-refractivity contribution is 0.585. The molecule has 0 spiro atoms.